The number of para-hydroxylation sites is 1. The average Bonchev–Trinajstić information content (AvgIpc) is 2.65. The first-order valence-corrected chi connectivity index (χ1v) is 11.8. The van der Waals surface area contributed by atoms with Crippen molar-refractivity contribution in [3.8, 4) is 0 Å². The molecule has 0 aliphatic rings. The van der Waals surface area contributed by atoms with Gasteiger partial charge >= 0.3 is 12.4 Å². The summed E-state index contributed by atoms with van der Waals surface area (Å²) in [7, 11) is 0. The van der Waals surface area contributed by atoms with Crippen LogP contribution >= 0.6 is 0 Å². The Bertz CT molecular complexity index is 885. The lowest BCUT2D eigenvalue weighted by molar-refractivity contribution is -0.138. The monoisotopic (exact) mass is 522 g/mol. The van der Waals surface area contributed by atoms with Gasteiger partial charge in [-0.2, -0.15) is 26.3 Å². The van der Waals surface area contributed by atoms with Crippen molar-refractivity contribution in [3.05, 3.63) is 59.7 Å². The number of alkyl halides is 6. The number of ether oxygens (including phenoxy) is 1. The Morgan fingerprint density at radius 1 is 0.667 bits per heavy atom. The van der Waals surface area contributed by atoms with Gasteiger partial charge in [0.1, 0.15) is 0 Å². The molecule has 0 heterocycles. The lowest BCUT2D eigenvalue weighted by Crippen LogP contribution is -2.23. The van der Waals surface area contributed by atoms with E-state index in [1.165, 1.54) is 18.2 Å². The summed E-state index contributed by atoms with van der Waals surface area (Å²) in [6.45, 7) is 17.6. The maximum atomic E-state index is 12.5. The zero-order chi connectivity index (χ0) is 28.3. The Morgan fingerprint density at radius 3 is 1.58 bits per heavy atom. The smallest absolute Gasteiger partial charge is 0.383 e. The van der Waals surface area contributed by atoms with E-state index < -0.39 is 23.5 Å². The zero-order valence-electron chi connectivity index (χ0n) is 22.5. The third-order valence-corrected chi connectivity index (χ3v) is 3.91. The molecule has 0 saturated heterocycles. The molecule has 0 saturated carbocycles. The van der Waals surface area contributed by atoms with Gasteiger partial charge in [0.15, 0.2) is 0 Å². The molecule has 2 aromatic rings. The molecule has 0 aromatic heterocycles. The van der Waals surface area contributed by atoms with Gasteiger partial charge in [-0.3, -0.25) is 0 Å². The van der Waals surface area contributed by atoms with Gasteiger partial charge in [-0.1, -0.05) is 18.2 Å². The number of benzene rings is 2. The molecule has 0 radical (unpaired) electrons. The molecule has 206 valence electrons. The highest BCUT2D eigenvalue weighted by Gasteiger charge is 2.33. The maximum absolute atomic E-state index is 12.5. The van der Waals surface area contributed by atoms with Crippen LogP contribution in [0.4, 0.5) is 37.7 Å². The first-order chi connectivity index (χ1) is 16.2. The summed E-state index contributed by atoms with van der Waals surface area (Å²) in [6, 6.07) is 10.8. The Hall–Kier alpha value is -2.42. The van der Waals surface area contributed by atoms with Gasteiger partial charge in [-0.05, 0) is 92.6 Å². The molecule has 0 aliphatic heterocycles. The second kappa shape index (κ2) is 14.4. The van der Waals surface area contributed by atoms with Crippen LogP contribution < -0.4 is 10.6 Å². The SMILES string of the molecule is CC(C)Nc1cccc(C(F)(F)F)c1.CC(C)Nc1ccccc1C(F)(F)F.CC(C)OC(C)(C)C. The third-order valence-electron chi connectivity index (χ3n) is 3.91. The van der Waals surface area contributed by atoms with Gasteiger partial charge in [-0.15, -0.1) is 0 Å². The molecule has 2 N–H and O–H groups in total. The van der Waals surface area contributed by atoms with Crippen molar-refractivity contribution in [3.63, 3.8) is 0 Å². The average molecular weight is 523 g/mol. The Kier molecular flexibility index (Phi) is 13.4. The van der Waals surface area contributed by atoms with E-state index in [-0.39, 0.29) is 23.4 Å². The summed E-state index contributed by atoms with van der Waals surface area (Å²) in [6.07, 6.45) is -8.22. The molecule has 9 heteroatoms. The second-order valence-corrected chi connectivity index (χ2v) is 10.00. The van der Waals surface area contributed by atoms with Crippen LogP contribution in [0.1, 0.15) is 73.4 Å². The van der Waals surface area contributed by atoms with Crippen LogP contribution in [0.5, 0.6) is 0 Å². The van der Waals surface area contributed by atoms with E-state index in [0.717, 1.165) is 18.2 Å². The normalized spacial score (nSPS) is 12.1. The molecule has 3 nitrogen and oxygen atoms in total. The van der Waals surface area contributed by atoms with E-state index >= 15 is 0 Å². The molecule has 0 atom stereocenters. The van der Waals surface area contributed by atoms with Crippen LogP contribution in [-0.4, -0.2) is 23.8 Å². The Morgan fingerprint density at radius 2 is 1.19 bits per heavy atom. The van der Waals surface area contributed by atoms with Crippen LogP contribution in [0.3, 0.4) is 0 Å². The van der Waals surface area contributed by atoms with Gasteiger partial charge in [0.25, 0.3) is 0 Å². The summed E-state index contributed by atoms with van der Waals surface area (Å²) in [5, 5.41) is 5.68. The molecular formula is C27H40F6N2O. The quantitative estimate of drug-likeness (QED) is 0.384. The van der Waals surface area contributed by atoms with Crippen molar-refractivity contribution in [2.75, 3.05) is 10.6 Å². The lowest BCUT2D eigenvalue weighted by Gasteiger charge is -2.22. The molecular weight excluding hydrogens is 482 g/mol. The van der Waals surface area contributed by atoms with E-state index in [9.17, 15) is 26.3 Å². The van der Waals surface area contributed by atoms with Gasteiger partial charge < -0.3 is 15.4 Å². The fourth-order valence-electron chi connectivity index (χ4n) is 2.99. The fraction of sp³-hybridized carbons (Fsp3) is 0.556. The second-order valence-electron chi connectivity index (χ2n) is 10.00. The molecule has 0 bridgehead atoms. The third kappa shape index (κ3) is 15.5. The summed E-state index contributed by atoms with van der Waals surface area (Å²) in [5.41, 5.74) is -0.588. The summed E-state index contributed by atoms with van der Waals surface area (Å²) < 4.78 is 79.6. The van der Waals surface area contributed by atoms with Crippen molar-refractivity contribution >= 4 is 11.4 Å². The molecule has 2 rings (SSSR count). The van der Waals surface area contributed by atoms with Crippen molar-refractivity contribution in [1.29, 1.82) is 0 Å². The van der Waals surface area contributed by atoms with Crippen molar-refractivity contribution in [2.24, 2.45) is 0 Å². The highest BCUT2D eigenvalue weighted by Crippen LogP contribution is 2.34. The number of hydrogen-bond donors (Lipinski definition) is 2. The molecule has 0 amide bonds. The van der Waals surface area contributed by atoms with Crippen LogP contribution in [0, 0.1) is 0 Å². The van der Waals surface area contributed by atoms with E-state index in [0.29, 0.717) is 11.8 Å². The molecule has 0 aliphatic carbocycles. The van der Waals surface area contributed by atoms with Crippen molar-refractivity contribution in [1.82, 2.24) is 0 Å². The van der Waals surface area contributed by atoms with E-state index in [1.807, 2.05) is 27.7 Å². The van der Waals surface area contributed by atoms with Gasteiger partial charge in [0, 0.05) is 23.5 Å². The summed E-state index contributed by atoms with van der Waals surface area (Å²) >= 11 is 0. The van der Waals surface area contributed by atoms with Crippen molar-refractivity contribution < 1.29 is 31.1 Å². The van der Waals surface area contributed by atoms with Crippen LogP contribution in [0.25, 0.3) is 0 Å². The number of anilines is 2. The maximum Gasteiger partial charge on any atom is 0.418 e. The van der Waals surface area contributed by atoms with E-state index in [2.05, 4.69) is 31.4 Å². The van der Waals surface area contributed by atoms with E-state index in [4.69, 9.17) is 4.74 Å². The first kappa shape index (κ1) is 33.6. The standard InChI is InChI=1S/2C10H12F3N.C7H16O/c1-7(2)14-9-5-3-4-8(6-9)10(11,12)13;1-7(2)14-9-6-4-3-5-8(9)10(11,12)13;1-6(2)8-7(3,4)5/h2*3-7,14H,1-2H3;6H,1-5H3. The van der Waals surface area contributed by atoms with Gasteiger partial charge in [0.2, 0.25) is 0 Å². The summed E-state index contributed by atoms with van der Waals surface area (Å²) in [5.74, 6) is 0. The minimum absolute atomic E-state index is 0.0153. The van der Waals surface area contributed by atoms with Crippen LogP contribution in [0.15, 0.2) is 48.5 Å². The highest BCUT2D eigenvalue weighted by molar-refractivity contribution is 5.53. The number of rotatable bonds is 5. The molecule has 2 aromatic carbocycles. The molecule has 36 heavy (non-hydrogen) atoms. The highest BCUT2D eigenvalue weighted by atomic mass is 19.4. The summed E-state index contributed by atoms with van der Waals surface area (Å²) in [4.78, 5) is 0. The Balaban J connectivity index is 0.000000533. The fourth-order valence-corrected chi connectivity index (χ4v) is 2.99. The molecule has 0 spiro atoms. The minimum atomic E-state index is -4.29. The first-order valence-electron chi connectivity index (χ1n) is 11.8. The number of nitrogens with one attached hydrogen (secondary N) is 2. The predicted octanol–water partition coefficient (Wildman–Crippen LogP) is 9.26. The lowest BCUT2D eigenvalue weighted by atomic mass is 10.1. The predicted molar refractivity (Wildman–Crippen MR) is 136 cm³/mol. The van der Waals surface area contributed by atoms with Crippen LogP contribution in [0.2, 0.25) is 0 Å². The molecule has 0 fully saturated rings. The van der Waals surface area contributed by atoms with Gasteiger partial charge in [0.05, 0.1) is 22.8 Å². The van der Waals surface area contributed by atoms with Crippen LogP contribution in [-0.2, 0) is 17.1 Å². The zero-order valence-corrected chi connectivity index (χ0v) is 22.5. The van der Waals surface area contributed by atoms with Gasteiger partial charge in [-0.25, -0.2) is 0 Å². The molecule has 0 unspecified atom stereocenters. The minimum Gasteiger partial charge on any atom is -0.383 e. The topological polar surface area (TPSA) is 33.3 Å². The largest absolute Gasteiger partial charge is 0.418 e. The van der Waals surface area contributed by atoms with Crippen molar-refractivity contribution in [2.45, 2.75) is 98.5 Å². The van der Waals surface area contributed by atoms with E-state index in [1.54, 1.807) is 26.0 Å². The number of hydrogen-bond acceptors (Lipinski definition) is 3. The Labute approximate surface area is 211 Å². The number of halogens is 6.